The van der Waals surface area contributed by atoms with Crippen molar-refractivity contribution in [2.75, 3.05) is 6.61 Å². The van der Waals surface area contributed by atoms with Gasteiger partial charge in [0.25, 0.3) is 0 Å². The fraction of sp³-hybridized carbons (Fsp3) is 0.714. The Balaban J connectivity index is 2.94. The Morgan fingerprint density at radius 3 is 2.71 bits per heavy atom. The molecule has 7 heteroatoms. The van der Waals surface area contributed by atoms with Crippen LogP contribution in [-0.4, -0.2) is 53.0 Å². The fourth-order valence-corrected chi connectivity index (χ4v) is 2.44. The molecule has 0 saturated heterocycles. The highest BCUT2D eigenvalue weighted by atomic mass is 16.5. The number of rotatable bonds is 7. The standard InChI is InChI=1S/C14H24N2O5/c1-3-10(4-5-17)21-12-7-9(14(19)20)6-11(15)13(12)16-8(2)18/h7,10-13,17H,3-6,15H2,1-2H3,(H,16,18)(H,19,20)/t10-,11+,12-,13-/m1/s1. The molecule has 1 aliphatic rings. The topological polar surface area (TPSA) is 122 Å². The molecule has 0 saturated carbocycles. The second-order valence-corrected chi connectivity index (χ2v) is 5.23. The van der Waals surface area contributed by atoms with E-state index >= 15 is 0 Å². The van der Waals surface area contributed by atoms with Crippen LogP contribution in [0.5, 0.6) is 0 Å². The van der Waals surface area contributed by atoms with Gasteiger partial charge in [0, 0.05) is 25.1 Å². The third-order valence-electron chi connectivity index (χ3n) is 3.54. The van der Waals surface area contributed by atoms with Crippen molar-refractivity contribution in [2.45, 2.75) is 57.4 Å². The average Bonchev–Trinajstić information content (AvgIpc) is 2.41. The predicted molar refractivity (Wildman–Crippen MR) is 76.6 cm³/mol. The summed E-state index contributed by atoms with van der Waals surface area (Å²) in [4.78, 5) is 22.4. The Labute approximate surface area is 124 Å². The number of amides is 1. The van der Waals surface area contributed by atoms with E-state index < -0.39 is 24.2 Å². The number of nitrogens with one attached hydrogen (secondary N) is 1. The van der Waals surface area contributed by atoms with E-state index in [9.17, 15) is 9.59 Å². The molecule has 21 heavy (non-hydrogen) atoms. The van der Waals surface area contributed by atoms with Crippen molar-refractivity contribution in [1.29, 1.82) is 0 Å². The summed E-state index contributed by atoms with van der Waals surface area (Å²) in [6.07, 6.45) is 1.98. The molecule has 0 bridgehead atoms. The molecule has 0 radical (unpaired) electrons. The van der Waals surface area contributed by atoms with Gasteiger partial charge in [-0.15, -0.1) is 0 Å². The molecule has 0 fully saturated rings. The molecular formula is C14H24N2O5. The normalized spacial score (nSPS) is 26.9. The van der Waals surface area contributed by atoms with Gasteiger partial charge in [0.05, 0.1) is 18.2 Å². The van der Waals surface area contributed by atoms with E-state index in [2.05, 4.69) is 5.32 Å². The number of ether oxygens (including phenoxy) is 1. The average molecular weight is 300 g/mol. The number of aliphatic hydroxyl groups is 1. The smallest absolute Gasteiger partial charge is 0.331 e. The largest absolute Gasteiger partial charge is 0.478 e. The summed E-state index contributed by atoms with van der Waals surface area (Å²) < 4.78 is 5.85. The highest BCUT2D eigenvalue weighted by Gasteiger charge is 2.35. The molecular weight excluding hydrogens is 276 g/mol. The maximum absolute atomic E-state index is 11.3. The number of aliphatic hydroxyl groups excluding tert-OH is 1. The van der Waals surface area contributed by atoms with Crippen molar-refractivity contribution in [3.05, 3.63) is 11.6 Å². The van der Waals surface area contributed by atoms with Gasteiger partial charge < -0.3 is 26.0 Å². The first-order chi connectivity index (χ1) is 9.88. The molecule has 5 N–H and O–H groups in total. The predicted octanol–water partition coefficient (Wildman–Crippen LogP) is -0.221. The van der Waals surface area contributed by atoms with Gasteiger partial charge in [0.1, 0.15) is 0 Å². The van der Waals surface area contributed by atoms with E-state index in [-0.39, 0.29) is 30.6 Å². The van der Waals surface area contributed by atoms with Crippen molar-refractivity contribution < 1.29 is 24.5 Å². The minimum Gasteiger partial charge on any atom is -0.478 e. The zero-order chi connectivity index (χ0) is 16.0. The first-order valence-corrected chi connectivity index (χ1v) is 7.12. The number of aliphatic carboxylic acids is 1. The van der Waals surface area contributed by atoms with Gasteiger partial charge in [-0.1, -0.05) is 6.92 Å². The van der Waals surface area contributed by atoms with Gasteiger partial charge in [-0.25, -0.2) is 4.79 Å². The SMILES string of the molecule is CC[C@H](CCO)O[C@@H]1C=C(C(=O)O)C[C@H](N)[C@H]1NC(C)=O. The lowest BCUT2D eigenvalue weighted by Crippen LogP contribution is -2.57. The van der Waals surface area contributed by atoms with E-state index in [1.807, 2.05) is 6.92 Å². The zero-order valence-electron chi connectivity index (χ0n) is 12.4. The van der Waals surface area contributed by atoms with Crippen molar-refractivity contribution in [1.82, 2.24) is 5.32 Å². The minimum atomic E-state index is -1.03. The summed E-state index contributed by atoms with van der Waals surface area (Å²) in [6.45, 7) is 3.28. The van der Waals surface area contributed by atoms with Crippen LogP contribution in [0, 0.1) is 0 Å². The lowest BCUT2D eigenvalue weighted by molar-refractivity contribution is -0.133. The molecule has 1 amide bonds. The van der Waals surface area contributed by atoms with Gasteiger partial charge in [-0.2, -0.15) is 0 Å². The molecule has 4 atom stereocenters. The van der Waals surface area contributed by atoms with Gasteiger partial charge in [-0.3, -0.25) is 4.79 Å². The number of carbonyl (C=O) groups is 2. The highest BCUT2D eigenvalue weighted by Crippen LogP contribution is 2.23. The molecule has 0 heterocycles. The molecule has 0 aromatic heterocycles. The molecule has 0 spiro atoms. The van der Waals surface area contributed by atoms with Gasteiger partial charge >= 0.3 is 5.97 Å². The Morgan fingerprint density at radius 1 is 1.57 bits per heavy atom. The number of hydrogen-bond donors (Lipinski definition) is 4. The Hall–Kier alpha value is -1.44. The minimum absolute atomic E-state index is 0.0163. The van der Waals surface area contributed by atoms with Crippen LogP contribution in [0.25, 0.3) is 0 Å². The lowest BCUT2D eigenvalue weighted by Gasteiger charge is -2.36. The summed E-state index contributed by atoms with van der Waals surface area (Å²) in [5.74, 6) is -1.28. The van der Waals surface area contributed by atoms with Crippen molar-refractivity contribution >= 4 is 11.9 Å². The van der Waals surface area contributed by atoms with Crippen LogP contribution in [0.15, 0.2) is 11.6 Å². The van der Waals surface area contributed by atoms with Crippen LogP contribution >= 0.6 is 0 Å². The third kappa shape index (κ3) is 5.11. The summed E-state index contributed by atoms with van der Waals surface area (Å²) in [5.41, 5.74) is 6.18. The third-order valence-corrected chi connectivity index (χ3v) is 3.54. The van der Waals surface area contributed by atoms with Crippen LogP contribution in [0.3, 0.4) is 0 Å². The Bertz CT molecular complexity index is 410. The lowest BCUT2D eigenvalue weighted by atomic mass is 9.88. The molecule has 1 aliphatic carbocycles. The molecule has 0 aromatic rings. The zero-order valence-corrected chi connectivity index (χ0v) is 12.4. The summed E-state index contributed by atoms with van der Waals surface area (Å²) in [5, 5.41) is 20.9. The molecule has 1 rings (SSSR count). The number of carboxylic acids is 1. The molecule has 0 unspecified atom stereocenters. The monoisotopic (exact) mass is 300 g/mol. The van der Waals surface area contributed by atoms with E-state index in [1.165, 1.54) is 13.0 Å². The van der Waals surface area contributed by atoms with E-state index in [4.69, 9.17) is 20.7 Å². The van der Waals surface area contributed by atoms with Gasteiger partial charge in [0.2, 0.25) is 5.91 Å². The van der Waals surface area contributed by atoms with Gasteiger partial charge in [0.15, 0.2) is 0 Å². The molecule has 0 aliphatic heterocycles. The van der Waals surface area contributed by atoms with Crippen molar-refractivity contribution in [3.63, 3.8) is 0 Å². The van der Waals surface area contributed by atoms with Crippen LogP contribution < -0.4 is 11.1 Å². The van der Waals surface area contributed by atoms with E-state index in [1.54, 1.807) is 0 Å². The van der Waals surface area contributed by atoms with Gasteiger partial charge in [-0.05, 0) is 25.3 Å². The number of nitrogens with two attached hydrogens (primary N) is 1. The quantitative estimate of drug-likeness (QED) is 0.515. The molecule has 7 nitrogen and oxygen atoms in total. The maximum atomic E-state index is 11.3. The van der Waals surface area contributed by atoms with Crippen LogP contribution in [0.4, 0.5) is 0 Å². The molecule has 120 valence electrons. The highest BCUT2D eigenvalue weighted by molar-refractivity contribution is 5.87. The summed E-state index contributed by atoms with van der Waals surface area (Å²) >= 11 is 0. The first kappa shape index (κ1) is 17.6. The molecule has 0 aromatic carbocycles. The second kappa shape index (κ2) is 8.11. The van der Waals surface area contributed by atoms with Crippen molar-refractivity contribution in [2.24, 2.45) is 5.73 Å². The van der Waals surface area contributed by atoms with E-state index in [0.29, 0.717) is 12.8 Å². The Morgan fingerprint density at radius 2 is 2.24 bits per heavy atom. The first-order valence-electron chi connectivity index (χ1n) is 7.12. The van der Waals surface area contributed by atoms with Crippen LogP contribution in [0.2, 0.25) is 0 Å². The number of carboxylic acid groups (broad SMARTS) is 1. The second-order valence-electron chi connectivity index (χ2n) is 5.23. The maximum Gasteiger partial charge on any atom is 0.331 e. The number of hydrogen-bond acceptors (Lipinski definition) is 5. The fourth-order valence-electron chi connectivity index (χ4n) is 2.44. The van der Waals surface area contributed by atoms with E-state index in [0.717, 1.165) is 0 Å². The summed E-state index contributed by atoms with van der Waals surface area (Å²) in [7, 11) is 0. The summed E-state index contributed by atoms with van der Waals surface area (Å²) in [6, 6.07) is -1.00. The van der Waals surface area contributed by atoms with Crippen molar-refractivity contribution in [3.8, 4) is 0 Å². The van der Waals surface area contributed by atoms with Crippen LogP contribution in [0.1, 0.15) is 33.1 Å². The number of carbonyl (C=O) groups excluding carboxylic acids is 1. The van der Waals surface area contributed by atoms with Crippen LogP contribution in [-0.2, 0) is 14.3 Å². The Kier molecular flexibility index (Phi) is 6.80.